The summed E-state index contributed by atoms with van der Waals surface area (Å²) in [5, 5.41) is 0. The topological polar surface area (TPSA) is 46.6 Å². The number of rotatable bonds is 3. The third-order valence-electron chi connectivity index (χ3n) is 5.12. The van der Waals surface area contributed by atoms with Crippen molar-refractivity contribution in [2.45, 2.75) is 44.2 Å². The molecular weight excluding hydrogens is 266 g/mol. The van der Waals surface area contributed by atoms with Crippen molar-refractivity contribution in [2.24, 2.45) is 5.92 Å². The van der Waals surface area contributed by atoms with Crippen LogP contribution in [0.1, 0.15) is 43.0 Å². The molecule has 4 nitrogen and oxygen atoms in total. The molecule has 4 heteroatoms. The molecule has 2 heterocycles. The average molecular weight is 287 g/mol. The number of benzene rings is 1. The van der Waals surface area contributed by atoms with E-state index in [4.69, 9.17) is 4.74 Å². The highest BCUT2D eigenvalue weighted by Gasteiger charge is 2.62. The molecule has 3 rings (SSSR count). The number of ether oxygens (including phenoxy) is 1. The van der Waals surface area contributed by atoms with Gasteiger partial charge in [0.1, 0.15) is 5.54 Å². The fourth-order valence-electron chi connectivity index (χ4n) is 4.13. The normalized spacial score (nSPS) is 30.5. The minimum absolute atomic E-state index is 0.0422. The molecule has 2 bridgehead atoms. The number of carbonyl (C=O) groups excluding carboxylic acids is 2. The van der Waals surface area contributed by atoms with Crippen molar-refractivity contribution in [1.29, 1.82) is 0 Å². The smallest absolute Gasteiger partial charge is 0.331 e. The maximum absolute atomic E-state index is 12.9. The quantitative estimate of drug-likeness (QED) is 0.803. The monoisotopic (exact) mass is 287 g/mol. The first kappa shape index (κ1) is 14.1. The van der Waals surface area contributed by atoms with E-state index < -0.39 is 5.54 Å². The molecule has 2 saturated heterocycles. The van der Waals surface area contributed by atoms with Gasteiger partial charge in [0.05, 0.1) is 7.11 Å². The second kappa shape index (κ2) is 5.17. The maximum Gasteiger partial charge on any atom is 0.331 e. The summed E-state index contributed by atoms with van der Waals surface area (Å²) in [5.41, 5.74) is -0.0954. The van der Waals surface area contributed by atoms with Crippen LogP contribution in [0.25, 0.3) is 0 Å². The first-order chi connectivity index (χ1) is 10.1. The lowest BCUT2D eigenvalue weighted by Gasteiger charge is -2.32. The van der Waals surface area contributed by atoms with Crippen LogP contribution in [0.2, 0.25) is 0 Å². The van der Waals surface area contributed by atoms with E-state index in [-0.39, 0.29) is 17.9 Å². The van der Waals surface area contributed by atoms with Crippen LogP contribution >= 0.6 is 0 Å². The van der Waals surface area contributed by atoms with Crippen molar-refractivity contribution in [3.05, 3.63) is 35.9 Å². The number of esters is 1. The summed E-state index contributed by atoms with van der Waals surface area (Å²) in [7, 11) is 1.41. The molecule has 0 radical (unpaired) electrons. The maximum atomic E-state index is 12.9. The number of hydrogen-bond donors (Lipinski definition) is 0. The Kier molecular flexibility index (Phi) is 3.47. The highest BCUT2D eigenvalue weighted by molar-refractivity contribution is 5.99. The van der Waals surface area contributed by atoms with Crippen LogP contribution in [0.3, 0.4) is 0 Å². The van der Waals surface area contributed by atoms with Crippen LogP contribution < -0.4 is 0 Å². The zero-order chi connectivity index (χ0) is 15.0. The van der Waals surface area contributed by atoms with E-state index in [1.807, 2.05) is 35.2 Å². The van der Waals surface area contributed by atoms with Gasteiger partial charge in [0.2, 0.25) is 0 Å². The number of hydrogen-bond acceptors (Lipinski definition) is 3. The van der Waals surface area contributed by atoms with Gasteiger partial charge in [-0.3, -0.25) is 4.79 Å². The van der Waals surface area contributed by atoms with Crippen molar-refractivity contribution < 1.29 is 14.3 Å². The lowest BCUT2D eigenvalue weighted by Crippen LogP contribution is -2.51. The van der Waals surface area contributed by atoms with Crippen molar-refractivity contribution in [1.82, 2.24) is 4.90 Å². The third kappa shape index (κ3) is 1.96. The second-order valence-electron chi connectivity index (χ2n) is 6.04. The van der Waals surface area contributed by atoms with Gasteiger partial charge >= 0.3 is 5.97 Å². The van der Waals surface area contributed by atoms with E-state index in [0.717, 1.165) is 25.7 Å². The van der Waals surface area contributed by atoms with Crippen molar-refractivity contribution in [3.63, 3.8) is 0 Å². The Morgan fingerprint density at radius 3 is 2.67 bits per heavy atom. The largest absolute Gasteiger partial charge is 0.467 e. The Hall–Kier alpha value is -1.84. The molecule has 2 aliphatic heterocycles. The molecule has 1 amide bonds. The summed E-state index contributed by atoms with van der Waals surface area (Å²) >= 11 is 0. The molecule has 0 unspecified atom stereocenters. The molecule has 1 aromatic carbocycles. The van der Waals surface area contributed by atoms with Crippen molar-refractivity contribution in [3.8, 4) is 0 Å². The number of carbonyl (C=O) groups is 2. The van der Waals surface area contributed by atoms with E-state index in [2.05, 4.69) is 6.92 Å². The molecule has 112 valence electrons. The minimum atomic E-state index is -0.743. The Labute approximate surface area is 125 Å². The molecular formula is C17H21NO3. The molecule has 21 heavy (non-hydrogen) atoms. The zero-order valence-corrected chi connectivity index (χ0v) is 12.5. The SMILES string of the molecule is CC[C@@H]1C[C@@]2(C(=O)OC)CC[C@@H]1N2C(=O)c1ccccc1. The lowest BCUT2D eigenvalue weighted by molar-refractivity contribution is -0.151. The Morgan fingerprint density at radius 2 is 2.05 bits per heavy atom. The van der Waals surface area contributed by atoms with Gasteiger partial charge in [-0.25, -0.2) is 4.79 Å². The first-order valence-electron chi connectivity index (χ1n) is 7.61. The average Bonchev–Trinajstić information content (AvgIpc) is 3.08. The van der Waals surface area contributed by atoms with Crippen LogP contribution in [-0.4, -0.2) is 35.5 Å². The fourth-order valence-corrected chi connectivity index (χ4v) is 4.13. The van der Waals surface area contributed by atoms with Gasteiger partial charge in [0.15, 0.2) is 0 Å². The minimum Gasteiger partial charge on any atom is -0.467 e. The summed E-state index contributed by atoms with van der Waals surface area (Å²) in [6.07, 6.45) is 3.34. The summed E-state index contributed by atoms with van der Waals surface area (Å²) < 4.78 is 5.03. The highest BCUT2D eigenvalue weighted by atomic mass is 16.5. The van der Waals surface area contributed by atoms with Gasteiger partial charge in [-0.15, -0.1) is 0 Å². The van der Waals surface area contributed by atoms with E-state index in [0.29, 0.717) is 11.5 Å². The van der Waals surface area contributed by atoms with Gasteiger partial charge < -0.3 is 9.64 Å². The Balaban J connectivity index is 1.99. The number of fused-ring (bicyclic) bond motifs is 2. The summed E-state index contributed by atoms with van der Waals surface area (Å²) in [6, 6.07) is 9.39. The van der Waals surface area contributed by atoms with Gasteiger partial charge in [-0.05, 0) is 37.3 Å². The van der Waals surface area contributed by atoms with Gasteiger partial charge in [-0.1, -0.05) is 31.5 Å². The number of amides is 1. The van der Waals surface area contributed by atoms with Crippen LogP contribution in [0.5, 0.6) is 0 Å². The van der Waals surface area contributed by atoms with Gasteiger partial charge in [0, 0.05) is 11.6 Å². The lowest BCUT2D eigenvalue weighted by atomic mass is 9.80. The molecule has 0 aromatic heterocycles. The standard InChI is InChI=1S/C17H21NO3/c1-3-12-11-17(16(20)21-2)10-9-14(12)18(17)15(19)13-7-5-4-6-8-13/h4-8,12,14H,3,9-11H2,1-2H3/t12-,14+,17-/m1/s1. The summed E-state index contributed by atoms with van der Waals surface area (Å²) in [6.45, 7) is 2.13. The van der Waals surface area contributed by atoms with E-state index >= 15 is 0 Å². The summed E-state index contributed by atoms with van der Waals surface area (Å²) in [4.78, 5) is 27.1. The second-order valence-corrected chi connectivity index (χ2v) is 6.04. The number of methoxy groups -OCH3 is 1. The van der Waals surface area contributed by atoms with E-state index in [9.17, 15) is 9.59 Å². The van der Waals surface area contributed by atoms with Crippen LogP contribution in [0.15, 0.2) is 30.3 Å². The van der Waals surface area contributed by atoms with Crippen LogP contribution in [0.4, 0.5) is 0 Å². The van der Waals surface area contributed by atoms with Crippen molar-refractivity contribution in [2.75, 3.05) is 7.11 Å². The molecule has 1 aromatic rings. The Morgan fingerprint density at radius 1 is 1.33 bits per heavy atom. The van der Waals surface area contributed by atoms with Gasteiger partial charge in [-0.2, -0.15) is 0 Å². The third-order valence-corrected chi connectivity index (χ3v) is 5.12. The van der Waals surface area contributed by atoms with E-state index in [1.165, 1.54) is 7.11 Å². The first-order valence-corrected chi connectivity index (χ1v) is 7.61. The summed E-state index contributed by atoms with van der Waals surface area (Å²) in [5.74, 6) is 0.0928. The predicted octanol–water partition coefficient (Wildman–Crippen LogP) is 2.63. The van der Waals surface area contributed by atoms with Crippen LogP contribution in [-0.2, 0) is 9.53 Å². The molecule has 2 aliphatic rings. The van der Waals surface area contributed by atoms with E-state index in [1.54, 1.807) is 0 Å². The molecule has 0 aliphatic carbocycles. The van der Waals surface area contributed by atoms with Crippen LogP contribution in [0, 0.1) is 5.92 Å². The molecule has 2 fully saturated rings. The number of nitrogens with zero attached hydrogens (tertiary/aromatic N) is 1. The molecule has 0 spiro atoms. The molecule has 3 atom stereocenters. The highest BCUT2D eigenvalue weighted by Crippen LogP contribution is 2.51. The molecule has 0 N–H and O–H groups in total. The molecule has 0 saturated carbocycles. The fraction of sp³-hybridized carbons (Fsp3) is 0.529. The Bertz CT molecular complexity index is 556. The predicted molar refractivity (Wildman–Crippen MR) is 78.8 cm³/mol. The van der Waals surface area contributed by atoms with Crippen molar-refractivity contribution >= 4 is 11.9 Å². The zero-order valence-electron chi connectivity index (χ0n) is 12.5. The van der Waals surface area contributed by atoms with Gasteiger partial charge in [0.25, 0.3) is 5.91 Å².